The molecule has 0 aliphatic rings. The SMILES string of the molecule is Cc1cc([Si](C)(C)C)cc(C)c1-n1ccnc1-c1ccccc1. The van der Waals surface area contributed by atoms with Gasteiger partial charge in [-0.3, -0.25) is 4.57 Å². The molecule has 3 heteroatoms. The van der Waals surface area contributed by atoms with Crippen LogP contribution in [0.15, 0.2) is 54.9 Å². The fourth-order valence-corrected chi connectivity index (χ4v) is 4.35. The Hall–Kier alpha value is -2.13. The quantitative estimate of drug-likeness (QED) is 0.640. The van der Waals surface area contributed by atoms with E-state index in [9.17, 15) is 0 Å². The van der Waals surface area contributed by atoms with E-state index in [0.29, 0.717) is 0 Å². The van der Waals surface area contributed by atoms with Gasteiger partial charge in [-0.15, -0.1) is 0 Å². The van der Waals surface area contributed by atoms with E-state index in [0.717, 1.165) is 11.4 Å². The van der Waals surface area contributed by atoms with Crippen LogP contribution in [0.25, 0.3) is 17.1 Å². The molecule has 0 aliphatic carbocycles. The summed E-state index contributed by atoms with van der Waals surface area (Å²) in [6.07, 6.45) is 3.94. The first kappa shape index (κ1) is 15.8. The highest BCUT2D eigenvalue weighted by Gasteiger charge is 2.19. The maximum Gasteiger partial charge on any atom is 0.144 e. The zero-order valence-electron chi connectivity index (χ0n) is 14.6. The molecule has 118 valence electrons. The van der Waals surface area contributed by atoms with Crippen LogP contribution in [-0.2, 0) is 0 Å². The molecule has 1 aromatic heterocycles. The Morgan fingerprint density at radius 2 is 1.52 bits per heavy atom. The van der Waals surface area contributed by atoms with Gasteiger partial charge in [0.1, 0.15) is 5.82 Å². The van der Waals surface area contributed by atoms with Gasteiger partial charge in [0.05, 0.1) is 13.8 Å². The van der Waals surface area contributed by atoms with Crippen LogP contribution >= 0.6 is 0 Å². The van der Waals surface area contributed by atoms with Crippen molar-refractivity contribution < 1.29 is 0 Å². The number of hydrogen-bond donors (Lipinski definition) is 0. The van der Waals surface area contributed by atoms with Crippen molar-refractivity contribution in [3.8, 4) is 17.1 Å². The number of benzene rings is 2. The Balaban J connectivity index is 2.17. The van der Waals surface area contributed by atoms with Crippen LogP contribution in [0, 0.1) is 13.8 Å². The Labute approximate surface area is 139 Å². The van der Waals surface area contributed by atoms with Gasteiger partial charge in [-0.1, -0.05) is 67.3 Å². The van der Waals surface area contributed by atoms with Gasteiger partial charge < -0.3 is 0 Å². The summed E-state index contributed by atoms with van der Waals surface area (Å²) in [5.41, 5.74) is 5.03. The van der Waals surface area contributed by atoms with Crippen LogP contribution in [0.1, 0.15) is 11.1 Å². The highest BCUT2D eigenvalue weighted by molar-refractivity contribution is 6.88. The minimum atomic E-state index is -1.31. The highest BCUT2D eigenvalue weighted by atomic mass is 28.3. The van der Waals surface area contributed by atoms with E-state index in [-0.39, 0.29) is 0 Å². The minimum absolute atomic E-state index is 0.998. The van der Waals surface area contributed by atoms with Crippen LogP contribution in [-0.4, -0.2) is 17.6 Å². The van der Waals surface area contributed by atoms with Crippen molar-refractivity contribution in [2.75, 3.05) is 0 Å². The first-order chi connectivity index (χ1) is 10.9. The maximum absolute atomic E-state index is 4.59. The van der Waals surface area contributed by atoms with Gasteiger partial charge in [-0.25, -0.2) is 4.98 Å². The number of nitrogens with zero attached hydrogens (tertiary/aromatic N) is 2. The zero-order valence-corrected chi connectivity index (χ0v) is 15.6. The Kier molecular flexibility index (Phi) is 3.98. The largest absolute Gasteiger partial charge is 0.299 e. The average Bonchev–Trinajstić information content (AvgIpc) is 2.95. The lowest BCUT2D eigenvalue weighted by Gasteiger charge is -2.21. The highest BCUT2D eigenvalue weighted by Crippen LogP contribution is 2.26. The summed E-state index contributed by atoms with van der Waals surface area (Å²) in [4.78, 5) is 4.59. The number of rotatable bonds is 3. The van der Waals surface area contributed by atoms with Crippen molar-refractivity contribution in [2.45, 2.75) is 33.5 Å². The van der Waals surface area contributed by atoms with E-state index in [1.807, 2.05) is 12.3 Å². The Morgan fingerprint density at radius 1 is 0.913 bits per heavy atom. The molecule has 0 bridgehead atoms. The third-order valence-corrected chi connectivity index (χ3v) is 6.29. The van der Waals surface area contributed by atoms with E-state index in [1.165, 1.54) is 22.0 Å². The summed E-state index contributed by atoms with van der Waals surface area (Å²) in [6.45, 7) is 11.6. The fourth-order valence-electron chi connectivity index (χ4n) is 3.05. The molecule has 3 aromatic rings. The topological polar surface area (TPSA) is 17.8 Å². The van der Waals surface area contributed by atoms with Crippen LogP contribution in [0.5, 0.6) is 0 Å². The molecule has 0 saturated carbocycles. The van der Waals surface area contributed by atoms with E-state index < -0.39 is 8.07 Å². The second kappa shape index (κ2) is 5.82. The third kappa shape index (κ3) is 3.01. The molecule has 0 spiro atoms. The number of aromatic nitrogens is 2. The maximum atomic E-state index is 4.59. The molecule has 3 rings (SSSR count). The van der Waals surface area contributed by atoms with Gasteiger partial charge in [-0.2, -0.15) is 0 Å². The monoisotopic (exact) mass is 320 g/mol. The molecule has 2 nitrogen and oxygen atoms in total. The van der Waals surface area contributed by atoms with Crippen molar-refractivity contribution in [3.05, 3.63) is 66.0 Å². The third-order valence-electron chi connectivity index (χ3n) is 4.27. The van der Waals surface area contributed by atoms with Crippen molar-refractivity contribution in [2.24, 2.45) is 0 Å². The lowest BCUT2D eigenvalue weighted by atomic mass is 10.1. The molecule has 0 radical (unpaired) electrons. The van der Waals surface area contributed by atoms with Crippen molar-refractivity contribution in [1.29, 1.82) is 0 Å². The van der Waals surface area contributed by atoms with Gasteiger partial charge in [0.2, 0.25) is 0 Å². The van der Waals surface area contributed by atoms with Crippen molar-refractivity contribution in [1.82, 2.24) is 9.55 Å². The molecule has 0 unspecified atom stereocenters. The molecule has 0 amide bonds. The Bertz CT molecular complexity index is 803. The molecular weight excluding hydrogens is 296 g/mol. The van der Waals surface area contributed by atoms with Gasteiger partial charge in [-0.05, 0) is 25.0 Å². The van der Waals surface area contributed by atoms with E-state index >= 15 is 0 Å². The molecule has 0 atom stereocenters. The summed E-state index contributed by atoms with van der Waals surface area (Å²) < 4.78 is 2.22. The first-order valence-electron chi connectivity index (χ1n) is 8.09. The zero-order chi connectivity index (χ0) is 16.6. The smallest absolute Gasteiger partial charge is 0.144 e. The summed E-state index contributed by atoms with van der Waals surface area (Å²) >= 11 is 0. The second-order valence-corrected chi connectivity index (χ2v) is 12.3. The Morgan fingerprint density at radius 3 is 2.09 bits per heavy atom. The average molecular weight is 321 g/mol. The van der Waals surface area contributed by atoms with E-state index in [2.05, 4.69) is 85.6 Å². The standard InChI is InChI=1S/C20H24N2Si/c1-15-13-18(23(3,4)5)14-16(2)19(15)22-12-11-21-20(22)17-9-7-6-8-10-17/h6-14H,1-5H3. The van der Waals surface area contributed by atoms with Crippen molar-refractivity contribution in [3.63, 3.8) is 0 Å². The van der Waals surface area contributed by atoms with Crippen molar-refractivity contribution >= 4 is 13.3 Å². The van der Waals surface area contributed by atoms with Crippen LogP contribution in [0.4, 0.5) is 0 Å². The van der Waals surface area contributed by atoms with E-state index in [4.69, 9.17) is 0 Å². The van der Waals surface area contributed by atoms with Gasteiger partial charge in [0, 0.05) is 18.0 Å². The normalized spacial score (nSPS) is 11.7. The summed E-state index contributed by atoms with van der Waals surface area (Å²) in [7, 11) is -1.31. The number of imidazole rings is 1. The molecule has 0 saturated heterocycles. The van der Waals surface area contributed by atoms with Gasteiger partial charge in [0.25, 0.3) is 0 Å². The molecule has 23 heavy (non-hydrogen) atoms. The van der Waals surface area contributed by atoms with Crippen LogP contribution < -0.4 is 5.19 Å². The molecule has 0 fully saturated rings. The first-order valence-corrected chi connectivity index (χ1v) is 11.6. The van der Waals surface area contributed by atoms with Crippen LogP contribution in [0.3, 0.4) is 0 Å². The summed E-state index contributed by atoms with van der Waals surface area (Å²) in [5.74, 6) is 0.998. The second-order valence-electron chi connectivity index (χ2n) is 7.20. The molecular formula is C20H24N2Si. The predicted molar refractivity (Wildman–Crippen MR) is 101 cm³/mol. The van der Waals surface area contributed by atoms with Gasteiger partial charge >= 0.3 is 0 Å². The summed E-state index contributed by atoms with van der Waals surface area (Å²) in [5, 5.41) is 1.51. The summed E-state index contributed by atoms with van der Waals surface area (Å²) in [6, 6.07) is 15.1. The lowest BCUT2D eigenvalue weighted by molar-refractivity contribution is 1.03. The molecule has 0 aliphatic heterocycles. The number of hydrogen-bond acceptors (Lipinski definition) is 1. The van der Waals surface area contributed by atoms with Gasteiger partial charge in [0.15, 0.2) is 0 Å². The fraction of sp³-hybridized carbons (Fsp3) is 0.250. The van der Waals surface area contributed by atoms with Crippen LogP contribution in [0.2, 0.25) is 19.6 Å². The predicted octanol–water partition coefficient (Wildman–Crippen LogP) is 4.70. The minimum Gasteiger partial charge on any atom is -0.299 e. The molecule has 2 aromatic carbocycles. The molecule has 0 N–H and O–H groups in total. The number of aryl methyl sites for hydroxylation is 2. The lowest BCUT2D eigenvalue weighted by Crippen LogP contribution is -2.38. The van der Waals surface area contributed by atoms with E-state index in [1.54, 1.807) is 0 Å². The molecule has 1 heterocycles.